The average molecular weight is 356 g/mol. The lowest BCUT2D eigenvalue weighted by Crippen LogP contribution is -2.35. The number of hydrogen-bond donors (Lipinski definition) is 3. The highest BCUT2D eigenvalue weighted by Gasteiger charge is 2.19. The molecule has 1 atom stereocenters. The zero-order chi connectivity index (χ0) is 17.9. The second-order valence-corrected chi connectivity index (χ2v) is 5.62. The van der Waals surface area contributed by atoms with E-state index in [-0.39, 0.29) is 18.9 Å². The number of hydrogen-bond acceptors (Lipinski definition) is 4. The molecule has 0 heterocycles. The summed E-state index contributed by atoms with van der Waals surface area (Å²) in [5.74, 6) is -0.975. The predicted octanol–water partition coefficient (Wildman–Crippen LogP) is 1.90. The molecule has 132 valence electrons. The van der Waals surface area contributed by atoms with Crippen molar-refractivity contribution in [1.29, 1.82) is 0 Å². The largest absolute Gasteiger partial charge is 0.456 e. The molecule has 0 saturated heterocycles. The molecule has 0 unspecified atom stereocenters. The molecule has 0 spiro atoms. The Labute approximate surface area is 145 Å². The van der Waals surface area contributed by atoms with Gasteiger partial charge in [0.25, 0.3) is 5.91 Å². The van der Waals surface area contributed by atoms with Crippen molar-refractivity contribution in [3.05, 3.63) is 34.9 Å². The van der Waals surface area contributed by atoms with Gasteiger partial charge >= 0.3 is 12.0 Å². The van der Waals surface area contributed by atoms with Gasteiger partial charge in [-0.05, 0) is 24.1 Å². The van der Waals surface area contributed by atoms with E-state index < -0.39 is 18.0 Å². The number of ether oxygens (including phenoxy) is 1. The van der Waals surface area contributed by atoms with E-state index in [4.69, 9.17) is 22.1 Å². The van der Waals surface area contributed by atoms with Crippen molar-refractivity contribution in [3.8, 4) is 0 Å². The van der Waals surface area contributed by atoms with Crippen molar-refractivity contribution in [1.82, 2.24) is 10.6 Å². The van der Waals surface area contributed by atoms with Gasteiger partial charge in [0.15, 0.2) is 6.61 Å². The van der Waals surface area contributed by atoms with Crippen LogP contribution in [0.5, 0.6) is 0 Å². The fourth-order valence-electron chi connectivity index (χ4n) is 1.95. The summed E-state index contributed by atoms with van der Waals surface area (Å²) in [6.07, 6.45) is 1.68. The first kappa shape index (κ1) is 19.8. The van der Waals surface area contributed by atoms with E-state index in [0.717, 1.165) is 12.8 Å². The second-order valence-electron chi connectivity index (χ2n) is 5.18. The van der Waals surface area contributed by atoms with E-state index >= 15 is 0 Å². The number of amides is 3. The summed E-state index contributed by atoms with van der Waals surface area (Å²) in [6.45, 7) is 2.20. The molecular weight excluding hydrogens is 334 g/mol. The Hall–Kier alpha value is -2.28. The van der Waals surface area contributed by atoms with Crippen molar-refractivity contribution < 1.29 is 19.1 Å². The number of carbonyl (C=O) groups excluding carboxylic acids is 3. The highest BCUT2D eigenvalue weighted by molar-refractivity contribution is 6.30. The third-order valence-corrected chi connectivity index (χ3v) is 3.43. The third kappa shape index (κ3) is 7.82. The molecule has 1 aromatic carbocycles. The molecular formula is C16H22ClN3O4. The van der Waals surface area contributed by atoms with Crippen LogP contribution in [0.25, 0.3) is 0 Å². The zero-order valence-electron chi connectivity index (χ0n) is 13.5. The Balaban J connectivity index is 2.53. The molecule has 4 N–H and O–H groups in total. The number of esters is 1. The van der Waals surface area contributed by atoms with Crippen LogP contribution in [0, 0.1) is 0 Å². The summed E-state index contributed by atoms with van der Waals surface area (Å²) >= 11 is 5.82. The van der Waals surface area contributed by atoms with Crippen LogP contribution in [-0.4, -0.2) is 31.1 Å². The molecule has 0 aliphatic rings. The number of rotatable bonds is 9. The van der Waals surface area contributed by atoms with Gasteiger partial charge < -0.3 is 21.1 Å². The van der Waals surface area contributed by atoms with E-state index in [1.807, 2.05) is 6.92 Å². The number of nitrogens with one attached hydrogen (secondary N) is 2. The van der Waals surface area contributed by atoms with E-state index in [9.17, 15) is 14.4 Å². The number of nitrogens with two attached hydrogens (primary N) is 1. The lowest BCUT2D eigenvalue weighted by atomic mass is 10.0. The zero-order valence-corrected chi connectivity index (χ0v) is 14.3. The molecule has 0 aliphatic carbocycles. The summed E-state index contributed by atoms with van der Waals surface area (Å²) < 4.78 is 4.92. The van der Waals surface area contributed by atoms with Crippen LogP contribution in [0.15, 0.2) is 24.3 Å². The number of halogens is 1. The van der Waals surface area contributed by atoms with Crippen molar-refractivity contribution in [2.24, 2.45) is 5.73 Å². The van der Waals surface area contributed by atoms with Gasteiger partial charge in [-0.2, -0.15) is 0 Å². The maximum absolute atomic E-state index is 11.9. The standard InChI is InChI=1S/C16H22ClN3O4/c1-2-3-8-19-14(21)10-24-15(22)9-13(20-16(18)23)11-4-6-12(17)7-5-11/h4-7,13H,2-3,8-10H2,1H3,(H,19,21)(H3,18,20,23)/t13-/m1/s1. The molecule has 3 amide bonds. The fourth-order valence-corrected chi connectivity index (χ4v) is 2.07. The van der Waals surface area contributed by atoms with Gasteiger partial charge in [0.1, 0.15) is 0 Å². The van der Waals surface area contributed by atoms with Crippen LogP contribution >= 0.6 is 11.6 Å². The van der Waals surface area contributed by atoms with Crippen LogP contribution in [0.4, 0.5) is 4.79 Å². The Morgan fingerprint density at radius 1 is 1.25 bits per heavy atom. The van der Waals surface area contributed by atoms with E-state index in [1.54, 1.807) is 24.3 Å². The first-order chi connectivity index (χ1) is 11.4. The van der Waals surface area contributed by atoms with E-state index in [2.05, 4.69) is 10.6 Å². The van der Waals surface area contributed by atoms with Crippen molar-refractivity contribution >= 4 is 29.5 Å². The van der Waals surface area contributed by atoms with Gasteiger partial charge in [-0.3, -0.25) is 9.59 Å². The molecule has 1 aromatic rings. The van der Waals surface area contributed by atoms with Crippen molar-refractivity contribution in [2.75, 3.05) is 13.2 Å². The van der Waals surface area contributed by atoms with Crippen LogP contribution in [-0.2, 0) is 14.3 Å². The second kappa shape index (κ2) is 10.5. The number of unbranched alkanes of at least 4 members (excludes halogenated alkanes) is 1. The highest BCUT2D eigenvalue weighted by Crippen LogP contribution is 2.19. The lowest BCUT2D eigenvalue weighted by Gasteiger charge is -2.17. The Kier molecular flexibility index (Phi) is 8.64. The van der Waals surface area contributed by atoms with Gasteiger partial charge in [0, 0.05) is 11.6 Å². The normalized spacial score (nSPS) is 11.4. The molecule has 0 bridgehead atoms. The Morgan fingerprint density at radius 2 is 1.92 bits per heavy atom. The minimum absolute atomic E-state index is 0.146. The minimum atomic E-state index is -0.764. The maximum Gasteiger partial charge on any atom is 0.312 e. The monoisotopic (exact) mass is 355 g/mol. The molecule has 0 saturated carbocycles. The summed E-state index contributed by atoms with van der Waals surface area (Å²) in [5.41, 5.74) is 5.79. The van der Waals surface area contributed by atoms with Crippen LogP contribution in [0.3, 0.4) is 0 Å². The highest BCUT2D eigenvalue weighted by atomic mass is 35.5. The number of primary amides is 1. The van der Waals surface area contributed by atoms with Gasteiger partial charge in [0.05, 0.1) is 12.5 Å². The number of carbonyl (C=O) groups is 3. The third-order valence-electron chi connectivity index (χ3n) is 3.18. The molecule has 0 radical (unpaired) electrons. The molecule has 0 aromatic heterocycles. The smallest absolute Gasteiger partial charge is 0.312 e. The SMILES string of the molecule is CCCCNC(=O)COC(=O)C[C@@H](NC(N)=O)c1ccc(Cl)cc1. The van der Waals surface area contributed by atoms with E-state index in [1.165, 1.54) is 0 Å². The molecule has 0 aliphatic heterocycles. The summed E-state index contributed by atoms with van der Waals surface area (Å²) in [7, 11) is 0. The van der Waals surface area contributed by atoms with Gasteiger partial charge in [-0.1, -0.05) is 37.1 Å². The van der Waals surface area contributed by atoms with Crippen LogP contribution in [0.2, 0.25) is 5.02 Å². The minimum Gasteiger partial charge on any atom is -0.456 e. The molecule has 7 nitrogen and oxygen atoms in total. The van der Waals surface area contributed by atoms with Crippen molar-refractivity contribution in [3.63, 3.8) is 0 Å². The maximum atomic E-state index is 11.9. The molecule has 24 heavy (non-hydrogen) atoms. The molecule has 1 rings (SSSR count). The topological polar surface area (TPSA) is 111 Å². The van der Waals surface area contributed by atoms with Gasteiger partial charge in [0.2, 0.25) is 0 Å². The summed E-state index contributed by atoms with van der Waals surface area (Å²) in [4.78, 5) is 34.5. The lowest BCUT2D eigenvalue weighted by molar-refractivity contribution is -0.149. The fraction of sp³-hybridized carbons (Fsp3) is 0.438. The molecule has 8 heteroatoms. The first-order valence-electron chi connectivity index (χ1n) is 7.66. The average Bonchev–Trinajstić information content (AvgIpc) is 2.53. The predicted molar refractivity (Wildman–Crippen MR) is 90.4 cm³/mol. The number of benzene rings is 1. The van der Waals surface area contributed by atoms with E-state index in [0.29, 0.717) is 17.1 Å². The van der Waals surface area contributed by atoms with Crippen LogP contribution < -0.4 is 16.4 Å². The Morgan fingerprint density at radius 3 is 2.50 bits per heavy atom. The van der Waals surface area contributed by atoms with Gasteiger partial charge in [-0.15, -0.1) is 0 Å². The van der Waals surface area contributed by atoms with Gasteiger partial charge in [-0.25, -0.2) is 4.79 Å². The number of urea groups is 1. The summed E-state index contributed by atoms with van der Waals surface area (Å²) in [6, 6.07) is 5.20. The first-order valence-corrected chi connectivity index (χ1v) is 8.04. The Bertz CT molecular complexity index is 563. The van der Waals surface area contributed by atoms with Crippen molar-refractivity contribution in [2.45, 2.75) is 32.2 Å². The summed E-state index contributed by atoms with van der Waals surface area (Å²) in [5, 5.41) is 5.64. The molecule has 0 fully saturated rings. The van der Waals surface area contributed by atoms with Crippen LogP contribution in [0.1, 0.15) is 37.8 Å². The quantitative estimate of drug-likeness (QED) is 0.464.